The molecule has 3 aromatic rings. The average Bonchev–Trinajstić information content (AvgIpc) is 2.89. The lowest BCUT2D eigenvalue weighted by Gasteiger charge is -2.06. The Hall–Kier alpha value is -2.82. The highest BCUT2D eigenvalue weighted by Gasteiger charge is 2.07. The first kappa shape index (κ1) is 12.2. The molecule has 100 valence electrons. The summed E-state index contributed by atoms with van der Waals surface area (Å²) in [5.74, 6) is -0.953. The van der Waals surface area contributed by atoms with Gasteiger partial charge in [-0.15, -0.1) is 0 Å². The Kier molecular flexibility index (Phi) is 3.09. The van der Waals surface area contributed by atoms with Gasteiger partial charge in [0, 0.05) is 35.5 Å². The molecule has 3 N–H and O–H groups in total. The van der Waals surface area contributed by atoms with Gasteiger partial charge >= 0.3 is 5.97 Å². The number of hydrogen-bond donors (Lipinski definition) is 3. The first-order chi connectivity index (χ1) is 9.72. The van der Waals surface area contributed by atoms with E-state index in [0.29, 0.717) is 6.54 Å². The summed E-state index contributed by atoms with van der Waals surface area (Å²) >= 11 is 0. The molecule has 0 bridgehead atoms. The Morgan fingerprint density at radius 3 is 2.95 bits per heavy atom. The van der Waals surface area contributed by atoms with Gasteiger partial charge in [0.05, 0.1) is 0 Å². The first-order valence-electron chi connectivity index (χ1n) is 6.21. The number of carboxylic acids is 1. The number of aromatic nitrogens is 2. The molecule has 0 atom stereocenters. The average molecular weight is 267 g/mol. The summed E-state index contributed by atoms with van der Waals surface area (Å²) < 4.78 is 0. The van der Waals surface area contributed by atoms with E-state index in [-0.39, 0.29) is 5.69 Å². The zero-order chi connectivity index (χ0) is 13.9. The predicted octanol–water partition coefficient (Wildman–Crippen LogP) is 2.87. The van der Waals surface area contributed by atoms with Gasteiger partial charge in [0.2, 0.25) is 0 Å². The number of rotatable bonds is 4. The number of fused-ring (bicyclic) bond motifs is 1. The van der Waals surface area contributed by atoms with E-state index in [4.69, 9.17) is 5.11 Å². The van der Waals surface area contributed by atoms with Crippen molar-refractivity contribution in [2.24, 2.45) is 0 Å². The molecule has 0 spiro atoms. The molecule has 0 fully saturated rings. The Balaban J connectivity index is 1.80. The number of carboxylic acid groups (broad SMARTS) is 1. The lowest BCUT2D eigenvalue weighted by atomic mass is 10.2. The van der Waals surface area contributed by atoms with E-state index in [1.807, 2.05) is 36.5 Å². The van der Waals surface area contributed by atoms with E-state index >= 15 is 0 Å². The van der Waals surface area contributed by atoms with Crippen LogP contribution in [0, 0.1) is 0 Å². The quantitative estimate of drug-likeness (QED) is 0.679. The highest BCUT2D eigenvalue weighted by atomic mass is 16.4. The van der Waals surface area contributed by atoms with Crippen molar-refractivity contribution in [1.29, 1.82) is 0 Å². The molecule has 0 saturated heterocycles. The van der Waals surface area contributed by atoms with Crippen molar-refractivity contribution < 1.29 is 9.90 Å². The van der Waals surface area contributed by atoms with Crippen molar-refractivity contribution in [3.8, 4) is 0 Å². The Labute approximate surface area is 115 Å². The normalized spacial score (nSPS) is 10.6. The molecule has 1 aromatic carbocycles. The molecule has 20 heavy (non-hydrogen) atoms. The summed E-state index contributed by atoms with van der Waals surface area (Å²) in [6.45, 7) is 0.676. The number of benzene rings is 1. The SMILES string of the molecule is O=C(O)c1cc2cc(NCc3cccnc3)ccc2[nH]1. The van der Waals surface area contributed by atoms with Gasteiger partial charge in [0.1, 0.15) is 5.69 Å². The Bertz CT molecular complexity index is 750. The number of pyridine rings is 1. The number of aromatic amines is 1. The van der Waals surface area contributed by atoms with E-state index in [9.17, 15) is 4.79 Å². The molecule has 0 radical (unpaired) electrons. The molecular formula is C15H13N3O2. The van der Waals surface area contributed by atoms with Gasteiger partial charge in [-0.25, -0.2) is 4.79 Å². The number of nitrogens with one attached hydrogen (secondary N) is 2. The van der Waals surface area contributed by atoms with E-state index in [2.05, 4.69) is 15.3 Å². The number of hydrogen-bond acceptors (Lipinski definition) is 3. The van der Waals surface area contributed by atoms with E-state index in [1.54, 1.807) is 12.3 Å². The molecule has 0 aliphatic rings. The van der Waals surface area contributed by atoms with E-state index < -0.39 is 5.97 Å². The van der Waals surface area contributed by atoms with E-state index in [1.165, 1.54) is 0 Å². The number of carbonyl (C=O) groups is 1. The minimum absolute atomic E-state index is 0.199. The van der Waals surface area contributed by atoms with Gasteiger partial charge in [-0.1, -0.05) is 6.07 Å². The highest BCUT2D eigenvalue weighted by molar-refractivity contribution is 5.94. The van der Waals surface area contributed by atoms with Gasteiger partial charge < -0.3 is 15.4 Å². The lowest BCUT2D eigenvalue weighted by Crippen LogP contribution is -1.99. The van der Waals surface area contributed by atoms with Crippen LogP contribution in [0.1, 0.15) is 16.1 Å². The summed E-state index contributed by atoms with van der Waals surface area (Å²) in [6, 6.07) is 11.2. The van der Waals surface area contributed by atoms with Gasteiger partial charge in [-0.3, -0.25) is 4.98 Å². The molecule has 0 saturated carbocycles. The van der Waals surface area contributed by atoms with Crippen LogP contribution in [0.25, 0.3) is 10.9 Å². The summed E-state index contributed by atoms with van der Waals surface area (Å²) in [7, 11) is 0. The van der Waals surface area contributed by atoms with Crippen molar-refractivity contribution in [2.45, 2.75) is 6.54 Å². The molecule has 5 nitrogen and oxygen atoms in total. The highest BCUT2D eigenvalue weighted by Crippen LogP contribution is 2.20. The molecule has 0 unspecified atom stereocenters. The maximum Gasteiger partial charge on any atom is 0.352 e. The zero-order valence-electron chi connectivity index (χ0n) is 10.6. The van der Waals surface area contributed by atoms with Gasteiger partial charge in [0.25, 0.3) is 0 Å². The van der Waals surface area contributed by atoms with Gasteiger partial charge in [-0.2, -0.15) is 0 Å². The van der Waals surface area contributed by atoms with Crippen LogP contribution in [0.2, 0.25) is 0 Å². The van der Waals surface area contributed by atoms with Crippen LogP contribution in [0.5, 0.6) is 0 Å². The topological polar surface area (TPSA) is 78.0 Å². The van der Waals surface area contributed by atoms with Crippen molar-refractivity contribution in [1.82, 2.24) is 9.97 Å². The van der Waals surface area contributed by atoms with Crippen LogP contribution < -0.4 is 5.32 Å². The number of aromatic carboxylic acids is 1. The van der Waals surface area contributed by atoms with Crippen LogP contribution >= 0.6 is 0 Å². The fourth-order valence-electron chi connectivity index (χ4n) is 2.06. The first-order valence-corrected chi connectivity index (χ1v) is 6.21. The minimum atomic E-state index is -0.953. The summed E-state index contributed by atoms with van der Waals surface area (Å²) in [4.78, 5) is 17.8. The smallest absolute Gasteiger partial charge is 0.352 e. The molecule has 5 heteroatoms. The number of H-pyrrole nitrogens is 1. The maximum atomic E-state index is 10.9. The summed E-state index contributed by atoms with van der Waals surface area (Å²) in [5.41, 5.74) is 3.05. The van der Waals surface area contributed by atoms with Crippen LogP contribution in [-0.2, 0) is 6.54 Å². The van der Waals surface area contributed by atoms with Crippen LogP contribution in [0.3, 0.4) is 0 Å². The zero-order valence-corrected chi connectivity index (χ0v) is 10.6. The van der Waals surface area contributed by atoms with E-state index in [0.717, 1.165) is 22.2 Å². The molecule has 2 heterocycles. The van der Waals surface area contributed by atoms with Crippen molar-refractivity contribution in [2.75, 3.05) is 5.32 Å². The molecule has 0 aliphatic heterocycles. The summed E-state index contributed by atoms with van der Waals surface area (Å²) in [5, 5.41) is 13.1. The third-order valence-corrected chi connectivity index (χ3v) is 3.07. The molecule has 2 aromatic heterocycles. The standard InChI is InChI=1S/C15H13N3O2/c19-15(20)14-7-11-6-12(3-4-13(11)18-14)17-9-10-2-1-5-16-8-10/h1-8,17-18H,9H2,(H,19,20). The van der Waals surface area contributed by atoms with Gasteiger partial charge in [0.15, 0.2) is 0 Å². The van der Waals surface area contributed by atoms with Crippen molar-refractivity contribution in [3.05, 3.63) is 60.0 Å². The Morgan fingerprint density at radius 2 is 2.20 bits per heavy atom. The maximum absolute atomic E-state index is 10.9. The Morgan fingerprint density at radius 1 is 1.30 bits per heavy atom. The second-order valence-electron chi connectivity index (χ2n) is 4.51. The summed E-state index contributed by atoms with van der Waals surface area (Å²) in [6.07, 6.45) is 3.55. The predicted molar refractivity (Wildman–Crippen MR) is 76.8 cm³/mol. The van der Waals surface area contributed by atoms with Crippen molar-refractivity contribution in [3.63, 3.8) is 0 Å². The molecular weight excluding hydrogens is 254 g/mol. The number of anilines is 1. The third kappa shape index (κ3) is 2.47. The van der Waals surface area contributed by atoms with Gasteiger partial charge in [-0.05, 0) is 35.9 Å². The molecule has 0 amide bonds. The van der Waals surface area contributed by atoms with Crippen LogP contribution in [-0.4, -0.2) is 21.0 Å². The second kappa shape index (κ2) is 5.05. The second-order valence-corrected chi connectivity index (χ2v) is 4.51. The van der Waals surface area contributed by atoms with Crippen LogP contribution in [0.15, 0.2) is 48.8 Å². The minimum Gasteiger partial charge on any atom is -0.477 e. The van der Waals surface area contributed by atoms with Crippen molar-refractivity contribution >= 4 is 22.6 Å². The molecule has 3 rings (SSSR count). The number of nitrogens with zero attached hydrogens (tertiary/aromatic N) is 1. The van der Waals surface area contributed by atoms with Crippen LogP contribution in [0.4, 0.5) is 5.69 Å². The molecule has 0 aliphatic carbocycles. The fraction of sp³-hybridized carbons (Fsp3) is 0.0667. The lowest BCUT2D eigenvalue weighted by molar-refractivity contribution is 0.0691. The third-order valence-electron chi connectivity index (χ3n) is 3.07. The monoisotopic (exact) mass is 267 g/mol. The fourth-order valence-corrected chi connectivity index (χ4v) is 2.06. The largest absolute Gasteiger partial charge is 0.477 e.